The van der Waals surface area contributed by atoms with Crippen molar-refractivity contribution in [1.82, 2.24) is 0 Å². The highest BCUT2D eigenvalue weighted by Gasteiger charge is 2.11. The Kier molecular flexibility index (Phi) is 4.81. The summed E-state index contributed by atoms with van der Waals surface area (Å²) >= 11 is 0. The second-order valence-electron chi connectivity index (χ2n) is 4.12. The summed E-state index contributed by atoms with van der Waals surface area (Å²) in [7, 11) is 3.34. The molecule has 0 saturated carbocycles. The van der Waals surface area contributed by atoms with Crippen molar-refractivity contribution in [3.63, 3.8) is 0 Å². The fourth-order valence-corrected chi connectivity index (χ4v) is 1.81. The first-order chi connectivity index (χ1) is 9.33. The molecule has 0 aliphatic heterocycles. The summed E-state index contributed by atoms with van der Waals surface area (Å²) in [4.78, 5) is 0. The van der Waals surface area contributed by atoms with Gasteiger partial charge in [0.1, 0.15) is 24.2 Å². The van der Waals surface area contributed by atoms with Crippen molar-refractivity contribution in [2.75, 3.05) is 20.8 Å². The lowest BCUT2D eigenvalue weighted by atomic mass is 10.1. The van der Waals surface area contributed by atoms with Gasteiger partial charge in [-0.25, -0.2) is 0 Å². The quantitative estimate of drug-likeness (QED) is 0.794. The van der Waals surface area contributed by atoms with Crippen LogP contribution in [0, 0.1) is 0 Å². The maximum Gasteiger partial charge on any atom is 0.119 e. The lowest BCUT2D eigenvalue weighted by molar-refractivity contribution is 0.0575. The third kappa shape index (κ3) is 3.73. The van der Waals surface area contributed by atoms with E-state index in [2.05, 4.69) is 0 Å². The molecule has 100 valence electrons. The van der Waals surface area contributed by atoms with Crippen LogP contribution in [0.15, 0.2) is 54.6 Å². The summed E-state index contributed by atoms with van der Waals surface area (Å²) in [6.07, 6.45) is -0.0916. The fourth-order valence-electron chi connectivity index (χ4n) is 1.81. The molecule has 0 aliphatic carbocycles. The molecule has 2 rings (SSSR count). The summed E-state index contributed by atoms with van der Waals surface area (Å²) in [6.45, 7) is 0.479. The number of benzene rings is 2. The molecule has 0 heterocycles. The molecule has 0 N–H and O–H groups in total. The van der Waals surface area contributed by atoms with Gasteiger partial charge >= 0.3 is 0 Å². The molecule has 1 unspecified atom stereocenters. The molecule has 0 bridgehead atoms. The molecule has 0 fully saturated rings. The van der Waals surface area contributed by atoms with Crippen LogP contribution in [0.5, 0.6) is 11.5 Å². The SMILES string of the molecule is COc1ccc(C(COc2ccccc2)OC)cc1. The first-order valence-electron chi connectivity index (χ1n) is 6.18. The average Bonchev–Trinajstić information content (AvgIpc) is 2.49. The van der Waals surface area contributed by atoms with Crippen LogP contribution in [0.1, 0.15) is 11.7 Å². The van der Waals surface area contributed by atoms with E-state index in [-0.39, 0.29) is 6.10 Å². The van der Waals surface area contributed by atoms with Crippen LogP contribution >= 0.6 is 0 Å². The number of para-hydroxylation sites is 1. The minimum Gasteiger partial charge on any atom is -0.497 e. The number of methoxy groups -OCH3 is 2. The van der Waals surface area contributed by atoms with Crippen LogP contribution in [0.2, 0.25) is 0 Å². The minimum atomic E-state index is -0.0916. The lowest BCUT2D eigenvalue weighted by Gasteiger charge is -2.17. The van der Waals surface area contributed by atoms with Crippen molar-refractivity contribution >= 4 is 0 Å². The standard InChI is InChI=1S/C16H18O3/c1-17-14-10-8-13(9-11-14)16(18-2)12-19-15-6-4-3-5-7-15/h3-11,16H,12H2,1-2H3. The second-order valence-corrected chi connectivity index (χ2v) is 4.12. The molecule has 0 aliphatic rings. The van der Waals surface area contributed by atoms with E-state index in [0.717, 1.165) is 17.1 Å². The van der Waals surface area contributed by atoms with E-state index in [9.17, 15) is 0 Å². The van der Waals surface area contributed by atoms with Crippen molar-refractivity contribution in [3.8, 4) is 11.5 Å². The van der Waals surface area contributed by atoms with Crippen molar-refractivity contribution < 1.29 is 14.2 Å². The zero-order chi connectivity index (χ0) is 13.5. The number of hydrogen-bond acceptors (Lipinski definition) is 3. The largest absolute Gasteiger partial charge is 0.497 e. The predicted molar refractivity (Wildman–Crippen MR) is 74.7 cm³/mol. The highest BCUT2D eigenvalue weighted by Crippen LogP contribution is 2.21. The van der Waals surface area contributed by atoms with Crippen molar-refractivity contribution in [3.05, 3.63) is 60.2 Å². The Hall–Kier alpha value is -2.00. The molecule has 1 atom stereocenters. The van der Waals surface area contributed by atoms with Gasteiger partial charge in [-0.2, -0.15) is 0 Å². The zero-order valence-electron chi connectivity index (χ0n) is 11.2. The summed E-state index contributed by atoms with van der Waals surface area (Å²) in [5, 5.41) is 0. The van der Waals surface area contributed by atoms with Crippen LogP contribution < -0.4 is 9.47 Å². The number of rotatable bonds is 6. The van der Waals surface area contributed by atoms with Gasteiger partial charge in [-0.15, -0.1) is 0 Å². The van der Waals surface area contributed by atoms with E-state index in [1.807, 2.05) is 54.6 Å². The number of ether oxygens (including phenoxy) is 3. The van der Waals surface area contributed by atoms with Crippen LogP contribution in [-0.2, 0) is 4.74 Å². The highest BCUT2D eigenvalue weighted by atomic mass is 16.5. The Morgan fingerprint density at radius 1 is 0.842 bits per heavy atom. The molecule has 0 radical (unpaired) electrons. The summed E-state index contributed by atoms with van der Waals surface area (Å²) in [5.74, 6) is 1.68. The van der Waals surface area contributed by atoms with Crippen molar-refractivity contribution in [2.45, 2.75) is 6.10 Å². The molecule has 0 saturated heterocycles. The molecule has 0 amide bonds. The van der Waals surface area contributed by atoms with Gasteiger partial charge < -0.3 is 14.2 Å². The maximum atomic E-state index is 5.71. The number of hydrogen-bond donors (Lipinski definition) is 0. The first kappa shape index (κ1) is 13.4. The van der Waals surface area contributed by atoms with Crippen molar-refractivity contribution in [1.29, 1.82) is 0 Å². The fraction of sp³-hybridized carbons (Fsp3) is 0.250. The van der Waals surface area contributed by atoms with E-state index in [0.29, 0.717) is 6.61 Å². The van der Waals surface area contributed by atoms with Gasteiger partial charge in [-0.1, -0.05) is 30.3 Å². The van der Waals surface area contributed by atoms with Gasteiger partial charge in [0, 0.05) is 7.11 Å². The van der Waals surface area contributed by atoms with Crippen molar-refractivity contribution in [2.24, 2.45) is 0 Å². The maximum absolute atomic E-state index is 5.71. The normalized spacial score (nSPS) is 11.9. The van der Waals surface area contributed by atoms with Gasteiger partial charge in [-0.05, 0) is 29.8 Å². The van der Waals surface area contributed by atoms with E-state index in [1.165, 1.54) is 0 Å². The Bertz CT molecular complexity index is 479. The summed E-state index contributed by atoms with van der Waals surface area (Å²) in [6, 6.07) is 17.5. The monoisotopic (exact) mass is 258 g/mol. The van der Waals surface area contributed by atoms with E-state index >= 15 is 0 Å². The molecule has 2 aromatic carbocycles. The zero-order valence-corrected chi connectivity index (χ0v) is 11.2. The molecule has 0 aromatic heterocycles. The first-order valence-corrected chi connectivity index (χ1v) is 6.18. The highest BCUT2D eigenvalue weighted by molar-refractivity contribution is 5.29. The smallest absolute Gasteiger partial charge is 0.119 e. The molecule has 19 heavy (non-hydrogen) atoms. The van der Waals surface area contributed by atoms with Gasteiger partial charge in [0.15, 0.2) is 0 Å². The molecule has 3 heteroatoms. The summed E-state index contributed by atoms with van der Waals surface area (Å²) < 4.78 is 16.3. The Labute approximate surface area is 113 Å². The van der Waals surface area contributed by atoms with Gasteiger partial charge in [0.2, 0.25) is 0 Å². The van der Waals surface area contributed by atoms with Gasteiger partial charge in [-0.3, -0.25) is 0 Å². The molecule has 3 nitrogen and oxygen atoms in total. The van der Waals surface area contributed by atoms with Crippen LogP contribution in [-0.4, -0.2) is 20.8 Å². The Morgan fingerprint density at radius 2 is 1.53 bits per heavy atom. The summed E-state index contributed by atoms with van der Waals surface area (Å²) in [5.41, 5.74) is 1.07. The molecule has 2 aromatic rings. The Morgan fingerprint density at radius 3 is 2.11 bits per heavy atom. The minimum absolute atomic E-state index is 0.0916. The van der Waals surface area contributed by atoms with E-state index < -0.39 is 0 Å². The third-order valence-corrected chi connectivity index (χ3v) is 2.92. The second kappa shape index (κ2) is 6.81. The average molecular weight is 258 g/mol. The van der Waals surface area contributed by atoms with E-state index in [4.69, 9.17) is 14.2 Å². The molecular weight excluding hydrogens is 240 g/mol. The lowest BCUT2D eigenvalue weighted by Crippen LogP contribution is -2.12. The van der Waals surface area contributed by atoms with Crippen LogP contribution in [0.4, 0.5) is 0 Å². The molecular formula is C16H18O3. The van der Waals surface area contributed by atoms with E-state index in [1.54, 1.807) is 14.2 Å². The topological polar surface area (TPSA) is 27.7 Å². The van der Waals surface area contributed by atoms with Crippen LogP contribution in [0.3, 0.4) is 0 Å². The van der Waals surface area contributed by atoms with Gasteiger partial charge in [0.05, 0.1) is 7.11 Å². The van der Waals surface area contributed by atoms with Gasteiger partial charge in [0.25, 0.3) is 0 Å². The Balaban J connectivity index is 1.99. The predicted octanol–water partition coefficient (Wildman–Crippen LogP) is 3.46. The third-order valence-electron chi connectivity index (χ3n) is 2.92. The van der Waals surface area contributed by atoms with Crippen LogP contribution in [0.25, 0.3) is 0 Å². The molecule has 0 spiro atoms.